The number of carbonyl (C=O) groups excluding carboxylic acids is 2. The Bertz CT molecular complexity index is 1540. The number of carbonyl (C=O) groups is 2. The minimum atomic E-state index is -2.73. The van der Waals surface area contributed by atoms with Crippen molar-refractivity contribution in [3.05, 3.63) is 92.6 Å². The zero-order chi connectivity index (χ0) is 25.7. The summed E-state index contributed by atoms with van der Waals surface area (Å²) in [5, 5.41) is 9.68. The van der Waals surface area contributed by atoms with Crippen molar-refractivity contribution in [2.75, 3.05) is 5.32 Å². The molecule has 4 aromatic rings. The molecule has 0 aliphatic carbocycles. The molecular formula is C24H14Cl2F4N4O2. The van der Waals surface area contributed by atoms with Gasteiger partial charge in [0.25, 0.3) is 18.2 Å². The normalized spacial score (nSPS) is 14.9. The van der Waals surface area contributed by atoms with Gasteiger partial charge in [0, 0.05) is 37.8 Å². The largest absolute Gasteiger partial charge is 0.341 e. The topological polar surface area (TPSA) is 76.0 Å². The van der Waals surface area contributed by atoms with Gasteiger partial charge in [-0.2, -0.15) is 5.10 Å². The van der Waals surface area contributed by atoms with E-state index in [1.54, 1.807) is 0 Å². The number of halogens is 6. The maximum absolute atomic E-state index is 14.1. The molecule has 12 heteroatoms. The Hall–Kier alpha value is -3.63. The van der Waals surface area contributed by atoms with E-state index in [9.17, 15) is 27.2 Å². The van der Waals surface area contributed by atoms with Crippen LogP contribution in [-0.4, -0.2) is 28.0 Å². The van der Waals surface area contributed by atoms with Gasteiger partial charge in [0.05, 0.1) is 23.3 Å². The van der Waals surface area contributed by atoms with Gasteiger partial charge < -0.3 is 10.6 Å². The summed E-state index contributed by atoms with van der Waals surface area (Å²) in [6.07, 6.45) is -1.47. The van der Waals surface area contributed by atoms with Crippen LogP contribution in [0.5, 0.6) is 0 Å². The number of benzene rings is 3. The Morgan fingerprint density at radius 1 is 1.11 bits per heavy atom. The third kappa shape index (κ3) is 4.27. The van der Waals surface area contributed by atoms with Crippen molar-refractivity contribution in [1.29, 1.82) is 0 Å². The Kier molecular flexibility index (Phi) is 6.09. The van der Waals surface area contributed by atoms with Crippen molar-refractivity contribution in [2.45, 2.75) is 19.0 Å². The molecule has 1 atom stereocenters. The number of amides is 2. The van der Waals surface area contributed by atoms with Crippen LogP contribution in [0.25, 0.3) is 10.9 Å². The average Bonchev–Trinajstić information content (AvgIpc) is 3.35. The molecule has 0 fully saturated rings. The van der Waals surface area contributed by atoms with Crippen LogP contribution in [0.15, 0.2) is 48.7 Å². The number of alkyl halides is 2. The van der Waals surface area contributed by atoms with Crippen LogP contribution in [0.4, 0.5) is 23.2 Å². The van der Waals surface area contributed by atoms with E-state index in [0.717, 1.165) is 28.9 Å². The van der Waals surface area contributed by atoms with Crippen LogP contribution >= 0.6 is 23.2 Å². The Labute approximate surface area is 210 Å². The summed E-state index contributed by atoms with van der Waals surface area (Å²) in [5.41, 5.74) is 0.587. The number of hydrogen-bond donors (Lipinski definition) is 2. The first-order chi connectivity index (χ1) is 17.1. The van der Waals surface area contributed by atoms with Gasteiger partial charge in [0.2, 0.25) is 0 Å². The first-order valence-corrected chi connectivity index (χ1v) is 11.2. The molecular weight excluding hydrogens is 523 g/mol. The van der Waals surface area contributed by atoms with E-state index in [2.05, 4.69) is 15.7 Å². The van der Waals surface area contributed by atoms with Crippen LogP contribution in [0.1, 0.15) is 37.9 Å². The molecule has 36 heavy (non-hydrogen) atoms. The molecule has 2 N–H and O–H groups in total. The van der Waals surface area contributed by atoms with Crippen molar-refractivity contribution in [2.24, 2.45) is 0 Å². The van der Waals surface area contributed by atoms with Gasteiger partial charge in [-0.3, -0.25) is 14.3 Å². The van der Waals surface area contributed by atoms with Crippen molar-refractivity contribution >= 4 is 51.6 Å². The van der Waals surface area contributed by atoms with Crippen molar-refractivity contribution in [1.82, 2.24) is 15.1 Å². The van der Waals surface area contributed by atoms with Gasteiger partial charge in [-0.1, -0.05) is 23.2 Å². The predicted molar refractivity (Wildman–Crippen MR) is 126 cm³/mol. The van der Waals surface area contributed by atoms with E-state index in [1.807, 2.05) is 0 Å². The second kappa shape index (κ2) is 9.11. The highest BCUT2D eigenvalue weighted by atomic mass is 35.5. The molecule has 2 amide bonds. The third-order valence-electron chi connectivity index (χ3n) is 5.73. The van der Waals surface area contributed by atoms with Gasteiger partial charge in [0.15, 0.2) is 0 Å². The number of aromatic nitrogens is 2. The molecule has 184 valence electrons. The number of fused-ring (bicyclic) bond motifs is 3. The number of nitrogens with zero attached hydrogens (tertiary/aromatic N) is 2. The molecule has 0 saturated carbocycles. The molecule has 0 spiro atoms. The molecule has 0 saturated heterocycles. The number of nitrogens with one attached hydrogen (secondary N) is 2. The van der Waals surface area contributed by atoms with Crippen molar-refractivity contribution in [3.63, 3.8) is 0 Å². The van der Waals surface area contributed by atoms with Gasteiger partial charge in [0.1, 0.15) is 18.2 Å². The number of hydrogen-bond acceptors (Lipinski definition) is 3. The summed E-state index contributed by atoms with van der Waals surface area (Å²) in [4.78, 5) is 26.1. The van der Waals surface area contributed by atoms with Gasteiger partial charge in [-0.15, -0.1) is 0 Å². The third-order valence-corrected chi connectivity index (χ3v) is 6.30. The van der Waals surface area contributed by atoms with Crippen LogP contribution < -0.4 is 10.6 Å². The smallest absolute Gasteiger partial charge is 0.257 e. The Morgan fingerprint density at radius 2 is 1.89 bits per heavy atom. The quantitative estimate of drug-likeness (QED) is 0.308. The molecule has 0 unspecified atom stereocenters. The molecule has 2 heterocycles. The first kappa shape index (κ1) is 24.1. The zero-order valence-corrected chi connectivity index (χ0v) is 19.5. The average molecular weight is 537 g/mol. The van der Waals surface area contributed by atoms with Crippen molar-refractivity contribution < 1.29 is 27.2 Å². The second-order valence-electron chi connectivity index (χ2n) is 8.05. The molecule has 1 aliphatic heterocycles. The summed E-state index contributed by atoms with van der Waals surface area (Å²) < 4.78 is 55.2. The van der Waals surface area contributed by atoms with Gasteiger partial charge >= 0.3 is 0 Å². The lowest BCUT2D eigenvalue weighted by Gasteiger charge is -2.18. The summed E-state index contributed by atoms with van der Waals surface area (Å²) in [7, 11) is 0. The summed E-state index contributed by atoms with van der Waals surface area (Å²) in [6, 6.07) is 7.24. The summed E-state index contributed by atoms with van der Waals surface area (Å²) in [6.45, 7) is -0.754. The molecule has 5 rings (SSSR count). The highest BCUT2D eigenvalue weighted by molar-refractivity contribution is 6.32. The maximum Gasteiger partial charge on any atom is 0.257 e. The SMILES string of the molecule is O=C(Nc1cc2c(cnn2CC(F)F)c2c1[C@H](c1cc(F)ccc1Cl)NC2=O)c1cc(F)cc(Cl)c1. The van der Waals surface area contributed by atoms with Gasteiger partial charge in [-0.05, 0) is 42.5 Å². The van der Waals surface area contributed by atoms with E-state index in [-0.39, 0.29) is 48.9 Å². The van der Waals surface area contributed by atoms with Crippen molar-refractivity contribution in [3.8, 4) is 0 Å². The van der Waals surface area contributed by atoms with E-state index in [1.165, 1.54) is 24.4 Å². The van der Waals surface area contributed by atoms with Crippen LogP contribution in [0.3, 0.4) is 0 Å². The fourth-order valence-corrected chi connectivity index (χ4v) is 4.73. The van der Waals surface area contributed by atoms with E-state index >= 15 is 0 Å². The lowest BCUT2D eigenvalue weighted by Crippen LogP contribution is -2.21. The first-order valence-electron chi connectivity index (χ1n) is 10.5. The number of rotatable bonds is 5. The minimum Gasteiger partial charge on any atom is -0.341 e. The zero-order valence-electron chi connectivity index (χ0n) is 18.0. The van der Waals surface area contributed by atoms with E-state index in [4.69, 9.17) is 23.2 Å². The standard InChI is InChI=1S/C24H14Cl2F4N4O2/c25-11-3-10(4-13(28)5-11)23(35)32-17-7-18-15(8-31-34(18)9-19(29)30)20-21(17)22(33-24(20)36)14-6-12(27)1-2-16(14)26/h1-8,19,22H,9H2,(H,32,35)(H,33,36)/t22-/m0/s1. The predicted octanol–water partition coefficient (Wildman–Crippen LogP) is 5.97. The second-order valence-corrected chi connectivity index (χ2v) is 8.89. The maximum atomic E-state index is 14.1. The lowest BCUT2D eigenvalue weighted by atomic mass is 9.94. The molecule has 3 aromatic carbocycles. The molecule has 1 aliphatic rings. The lowest BCUT2D eigenvalue weighted by molar-refractivity contribution is 0.0960. The highest BCUT2D eigenvalue weighted by Crippen LogP contribution is 2.43. The summed E-state index contributed by atoms with van der Waals surface area (Å²) >= 11 is 12.2. The van der Waals surface area contributed by atoms with Gasteiger partial charge in [-0.25, -0.2) is 17.6 Å². The molecule has 0 radical (unpaired) electrons. The fourth-order valence-electron chi connectivity index (χ4n) is 4.28. The molecule has 0 bridgehead atoms. The Balaban J connectivity index is 1.71. The molecule has 6 nitrogen and oxygen atoms in total. The fraction of sp³-hybridized carbons (Fsp3) is 0.125. The summed E-state index contributed by atoms with van der Waals surface area (Å²) in [5.74, 6) is -2.73. The van der Waals surface area contributed by atoms with E-state index in [0.29, 0.717) is 0 Å². The number of anilines is 1. The Morgan fingerprint density at radius 3 is 2.61 bits per heavy atom. The van der Waals surface area contributed by atoms with Crippen LogP contribution in [-0.2, 0) is 6.54 Å². The minimum absolute atomic E-state index is 0.0166. The highest BCUT2D eigenvalue weighted by Gasteiger charge is 2.37. The van der Waals surface area contributed by atoms with Crippen LogP contribution in [0.2, 0.25) is 10.0 Å². The van der Waals surface area contributed by atoms with E-state index < -0.39 is 42.5 Å². The molecule has 1 aromatic heterocycles. The monoisotopic (exact) mass is 536 g/mol. The van der Waals surface area contributed by atoms with Crippen LogP contribution in [0, 0.1) is 11.6 Å².